The third kappa shape index (κ3) is 3.19. The zero-order valence-corrected chi connectivity index (χ0v) is 15.9. The van der Waals surface area contributed by atoms with Crippen LogP contribution in [-0.2, 0) is 24.3 Å². The summed E-state index contributed by atoms with van der Waals surface area (Å²) >= 11 is 1.83. The Morgan fingerprint density at radius 2 is 2.07 bits per heavy atom. The summed E-state index contributed by atoms with van der Waals surface area (Å²) in [6, 6.07) is 12.6. The van der Waals surface area contributed by atoms with Crippen LogP contribution in [0.1, 0.15) is 27.6 Å². The van der Waals surface area contributed by atoms with Gasteiger partial charge in [-0.15, -0.1) is 11.3 Å². The lowest BCUT2D eigenvalue weighted by atomic mass is 9.95. The Kier molecular flexibility index (Phi) is 4.30. The fourth-order valence-corrected chi connectivity index (χ4v) is 5.08. The quantitative estimate of drug-likeness (QED) is 0.704. The minimum absolute atomic E-state index is 0.0822. The van der Waals surface area contributed by atoms with Crippen molar-refractivity contribution in [3.05, 3.63) is 75.7 Å². The lowest BCUT2D eigenvalue weighted by molar-refractivity contribution is -0.134. The predicted molar refractivity (Wildman–Crippen MR) is 106 cm³/mol. The van der Waals surface area contributed by atoms with Gasteiger partial charge < -0.3 is 4.90 Å². The molecule has 2 aliphatic rings. The highest BCUT2D eigenvalue weighted by atomic mass is 32.1. The fourth-order valence-electron chi connectivity index (χ4n) is 4.19. The van der Waals surface area contributed by atoms with Crippen molar-refractivity contribution in [2.45, 2.75) is 25.6 Å². The van der Waals surface area contributed by atoms with E-state index in [2.05, 4.69) is 45.7 Å². The summed E-state index contributed by atoms with van der Waals surface area (Å²) in [7, 11) is 0. The molecule has 0 bridgehead atoms. The summed E-state index contributed by atoms with van der Waals surface area (Å²) in [6.07, 6.45) is 4.84. The second kappa shape index (κ2) is 6.94. The van der Waals surface area contributed by atoms with Crippen LogP contribution in [0.5, 0.6) is 0 Å². The SMILES string of the molecule is O=C(CN1CCc2sccc2C1)N1Cc2ccccc2C(n2cccn2)C1. The maximum absolute atomic E-state index is 13.1. The Bertz CT molecular complexity index is 949. The summed E-state index contributed by atoms with van der Waals surface area (Å²) in [5, 5.41) is 6.60. The number of carbonyl (C=O) groups is 1. The standard InChI is InChI=1S/C21H22N4OS/c26-21(15-23-10-6-20-17(12-23)7-11-27-20)24-13-16-4-1-2-5-18(16)19(14-24)25-9-3-8-22-25/h1-5,7-9,11,19H,6,10,12-15H2. The molecule has 6 heteroatoms. The number of nitrogens with zero attached hydrogens (tertiary/aromatic N) is 4. The molecule has 27 heavy (non-hydrogen) atoms. The van der Waals surface area contributed by atoms with E-state index >= 15 is 0 Å². The van der Waals surface area contributed by atoms with E-state index in [1.807, 2.05) is 33.2 Å². The zero-order chi connectivity index (χ0) is 18.2. The minimum Gasteiger partial charge on any atom is -0.335 e. The van der Waals surface area contributed by atoms with Gasteiger partial charge in [0.2, 0.25) is 5.91 Å². The van der Waals surface area contributed by atoms with E-state index < -0.39 is 0 Å². The van der Waals surface area contributed by atoms with Gasteiger partial charge in [-0.25, -0.2) is 0 Å². The van der Waals surface area contributed by atoms with Crippen LogP contribution in [0.4, 0.5) is 0 Å². The molecule has 3 aromatic rings. The summed E-state index contributed by atoms with van der Waals surface area (Å²) in [4.78, 5) is 18.9. The molecule has 1 amide bonds. The van der Waals surface area contributed by atoms with Crippen LogP contribution in [0.25, 0.3) is 0 Å². The van der Waals surface area contributed by atoms with E-state index in [4.69, 9.17) is 0 Å². The first-order chi connectivity index (χ1) is 13.3. The van der Waals surface area contributed by atoms with Crippen molar-refractivity contribution < 1.29 is 4.79 Å². The summed E-state index contributed by atoms with van der Waals surface area (Å²) < 4.78 is 1.97. The van der Waals surface area contributed by atoms with Crippen molar-refractivity contribution in [3.8, 4) is 0 Å². The van der Waals surface area contributed by atoms with Gasteiger partial charge >= 0.3 is 0 Å². The Morgan fingerprint density at radius 1 is 1.15 bits per heavy atom. The number of aromatic nitrogens is 2. The van der Waals surface area contributed by atoms with E-state index in [9.17, 15) is 4.79 Å². The second-order valence-electron chi connectivity index (χ2n) is 7.30. The number of carbonyl (C=O) groups excluding carboxylic acids is 1. The fraction of sp³-hybridized carbons (Fsp3) is 0.333. The molecule has 2 aromatic heterocycles. The van der Waals surface area contributed by atoms with Crippen molar-refractivity contribution in [2.75, 3.05) is 19.6 Å². The van der Waals surface area contributed by atoms with Gasteiger partial charge in [-0.05, 0) is 40.6 Å². The number of amides is 1. The molecule has 1 aromatic carbocycles. The normalized spacial score (nSPS) is 19.6. The largest absolute Gasteiger partial charge is 0.335 e. The van der Waals surface area contributed by atoms with Gasteiger partial charge in [0.25, 0.3) is 0 Å². The number of thiophene rings is 1. The van der Waals surface area contributed by atoms with Crippen molar-refractivity contribution in [3.63, 3.8) is 0 Å². The Hall–Kier alpha value is -2.44. The summed E-state index contributed by atoms with van der Waals surface area (Å²) in [5.74, 6) is 0.209. The highest BCUT2D eigenvalue weighted by molar-refractivity contribution is 7.10. The van der Waals surface area contributed by atoms with Crippen LogP contribution in [0.3, 0.4) is 0 Å². The van der Waals surface area contributed by atoms with Crippen molar-refractivity contribution >= 4 is 17.2 Å². The van der Waals surface area contributed by atoms with E-state index in [1.54, 1.807) is 6.20 Å². The zero-order valence-electron chi connectivity index (χ0n) is 15.1. The van der Waals surface area contributed by atoms with Crippen molar-refractivity contribution in [1.29, 1.82) is 0 Å². The van der Waals surface area contributed by atoms with Crippen molar-refractivity contribution in [1.82, 2.24) is 19.6 Å². The molecule has 1 unspecified atom stereocenters. The molecule has 4 heterocycles. The molecule has 138 valence electrons. The number of hydrogen-bond acceptors (Lipinski definition) is 4. The number of hydrogen-bond donors (Lipinski definition) is 0. The average molecular weight is 379 g/mol. The van der Waals surface area contributed by atoms with Crippen LogP contribution in [0.15, 0.2) is 54.2 Å². The molecule has 5 rings (SSSR count). The molecule has 0 aliphatic carbocycles. The molecule has 0 N–H and O–H groups in total. The van der Waals surface area contributed by atoms with Gasteiger partial charge in [0.05, 0.1) is 12.6 Å². The third-order valence-corrected chi connectivity index (χ3v) is 6.63. The van der Waals surface area contributed by atoms with Gasteiger partial charge in [-0.3, -0.25) is 14.4 Å². The average Bonchev–Trinajstić information content (AvgIpc) is 3.38. The molecule has 0 spiro atoms. The monoisotopic (exact) mass is 378 g/mol. The third-order valence-electron chi connectivity index (χ3n) is 5.61. The Morgan fingerprint density at radius 3 is 2.96 bits per heavy atom. The number of benzene rings is 1. The molecular formula is C21H22N4OS. The number of rotatable bonds is 3. The van der Waals surface area contributed by atoms with E-state index in [0.29, 0.717) is 19.6 Å². The van der Waals surface area contributed by atoms with Gasteiger partial charge in [0.1, 0.15) is 0 Å². The van der Waals surface area contributed by atoms with Crippen LogP contribution in [0, 0.1) is 0 Å². The molecule has 1 atom stereocenters. The van der Waals surface area contributed by atoms with E-state index in [0.717, 1.165) is 19.5 Å². The van der Waals surface area contributed by atoms with Gasteiger partial charge in [0, 0.05) is 43.4 Å². The van der Waals surface area contributed by atoms with Gasteiger partial charge in [-0.2, -0.15) is 5.10 Å². The van der Waals surface area contributed by atoms with Gasteiger partial charge in [-0.1, -0.05) is 24.3 Å². The first-order valence-corrected chi connectivity index (χ1v) is 10.3. The molecule has 2 aliphatic heterocycles. The Labute approximate surface area is 162 Å². The van der Waals surface area contributed by atoms with Crippen LogP contribution in [-0.4, -0.2) is 45.1 Å². The Balaban J connectivity index is 1.34. The first-order valence-electron chi connectivity index (χ1n) is 9.40. The van der Waals surface area contributed by atoms with Crippen LogP contribution >= 0.6 is 11.3 Å². The number of fused-ring (bicyclic) bond motifs is 2. The lowest BCUT2D eigenvalue weighted by Gasteiger charge is -2.36. The maximum Gasteiger partial charge on any atom is 0.237 e. The van der Waals surface area contributed by atoms with E-state index in [1.165, 1.54) is 21.6 Å². The first kappa shape index (κ1) is 16.7. The minimum atomic E-state index is 0.0822. The van der Waals surface area contributed by atoms with E-state index in [-0.39, 0.29) is 11.9 Å². The van der Waals surface area contributed by atoms with Crippen molar-refractivity contribution in [2.24, 2.45) is 0 Å². The molecule has 0 radical (unpaired) electrons. The topological polar surface area (TPSA) is 41.4 Å². The molecule has 0 fully saturated rings. The second-order valence-corrected chi connectivity index (χ2v) is 8.31. The highest BCUT2D eigenvalue weighted by Gasteiger charge is 2.30. The molecular weight excluding hydrogens is 356 g/mol. The maximum atomic E-state index is 13.1. The molecule has 5 nitrogen and oxygen atoms in total. The molecule has 0 saturated carbocycles. The molecule has 0 saturated heterocycles. The van der Waals surface area contributed by atoms with Gasteiger partial charge in [0.15, 0.2) is 0 Å². The summed E-state index contributed by atoms with van der Waals surface area (Å²) in [5.41, 5.74) is 3.87. The predicted octanol–water partition coefficient (Wildman–Crippen LogP) is 2.93. The lowest BCUT2D eigenvalue weighted by Crippen LogP contribution is -2.46. The van der Waals surface area contributed by atoms with Crippen LogP contribution < -0.4 is 0 Å². The highest BCUT2D eigenvalue weighted by Crippen LogP contribution is 2.30. The smallest absolute Gasteiger partial charge is 0.237 e. The summed E-state index contributed by atoms with van der Waals surface area (Å²) in [6.45, 7) is 3.70. The van der Waals surface area contributed by atoms with Crippen LogP contribution in [0.2, 0.25) is 0 Å².